The number of aryl methyl sites for hydroxylation is 2. The van der Waals surface area contributed by atoms with Gasteiger partial charge in [0.1, 0.15) is 11.5 Å². The Morgan fingerprint density at radius 1 is 0.500 bits per heavy atom. The molecule has 4 rings (SSSR count). The van der Waals surface area contributed by atoms with Crippen molar-refractivity contribution in [2.45, 2.75) is 89.9 Å². The molecule has 0 spiro atoms. The molecule has 2 aromatic heterocycles. The average Bonchev–Trinajstić information content (AvgIpc) is 3.05. The van der Waals surface area contributed by atoms with Crippen LogP contribution >= 0.6 is 0 Å². The molecule has 0 aliphatic carbocycles. The van der Waals surface area contributed by atoms with Crippen molar-refractivity contribution in [3.8, 4) is 11.5 Å². The fraction of sp³-hybridized carbons (Fsp3) is 0.474. The van der Waals surface area contributed by atoms with Gasteiger partial charge in [-0.25, -0.2) is 9.59 Å². The fourth-order valence-corrected chi connectivity index (χ4v) is 5.78. The predicted octanol–water partition coefficient (Wildman–Crippen LogP) is 9.37. The molecule has 246 valence electrons. The molecule has 0 saturated heterocycles. The summed E-state index contributed by atoms with van der Waals surface area (Å²) < 4.78 is 11.1. The van der Waals surface area contributed by atoms with Crippen molar-refractivity contribution in [3.63, 3.8) is 0 Å². The van der Waals surface area contributed by atoms with Crippen molar-refractivity contribution in [2.24, 2.45) is 0 Å². The third kappa shape index (κ3) is 10.2. The van der Waals surface area contributed by atoms with Crippen LogP contribution in [0.15, 0.2) is 60.9 Å². The van der Waals surface area contributed by atoms with E-state index in [0.29, 0.717) is 11.5 Å². The van der Waals surface area contributed by atoms with Crippen molar-refractivity contribution in [3.05, 3.63) is 72.3 Å². The minimum atomic E-state index is -0.375. The summed E-state index contributed by atoms with van der Waals surface area (Å²) >= 11 is 0. The number of carbonyl (C=O) groups excluding carboxylic acids is 2. The maximum atomic E-state index is 12.0. The highest BCUT2D eigenvalue weighted by Gasteiger charge is 2.13. The van der Waals surface area contributed by atoms with Crippen molar-refractivity contribution >= 4 is 33.7 Å². The van der Waals surface area contributed by atoms with Gasteiger partial charge in [0.25, 0.3) is 0 Å². The second-order valence-electron chi connectivity index (χ2n) is 12.5. The van der Waals surface area contributed by atoms with Crippen LogP contribution in [0, 0.1) is 0 Å². The summed E-state index contributed by atoms with van der Waals surface area (Å²) in [6.07, 6.45) is 19.8. The van der Waals surface area contributed by atoms with Gasteiger partial charge in [-0.2, -0.15) is 0 Å². The van der Waals surface area contributed by atoms with Crippen LogP contribution < -0.4 is 9.47 Å². The number of ether oxygens (including phenoxy) is 2. The van der Waals surface area contributed by atoms with Gasteiger partial charge >= 0.3 is 12.2 Å². The van der Waals surface area contributed by atoms with Crippen LogP contribution in [0.3, 0.4) is 0 Å². The zero-order valence-electron chi connectivity index (χ0n) is 28.1. The third-order valence-electron chi connectivity index (χ3n) is 8.40. The first-order valence-corrected chi connectivity index (χ1v) is 16.9. The van der Waals surface area contributed by atoms with Crippen molar-refractivity contribution in [1.82, 2.24) is 19.8 Å². The number of amides is 2. The number of hydrogen-bond acceptors (Lipinski definition) is 6. The Bertz CT molecular complexity index is 1450. The maximum Gasteiger partial charge on any atom is 0.414 e. The van der Waals surface area contributed by atoms with E-state index >= 15 is 0 Å². The largest absolute Gasteiger partial charge is 0.414 e. The molecule has 0 atom stereocenters. The zero-order chi connectivity index (χ0) is 32.7. The molecule has 0 bridgehead atoms. The van der Waals surface area contributed by atoms with Gasteiger partial charge in [0.2, 0.25) is 0 Å². The van der Waals surface area contributed by atoms with Gasteiger partial charge < -0.3 is 19.3 Å². The molecule has 46 heavy (non-hydrogen) atoms. The highest BCUT2D eigenvalue weighted by molar-refractivity contribution is 5.92. The summed E-state index contributed by atoms with van der Waals surface area (Å²) in [6.45, 7) is 0. The number of aromatic nitrogens is 2. The molecule has 8 nitrogen and oxygen atoms in total. The molecule has 0 aliphatic rings. The van der Waals surface area contributed by atoms with E-state index in [-0.39, 0.29) is 12.2 Å². The molecule has 0 N–H and O–H groups in total. The van der Waals surface area contributed by atoms with Gasteiger partial charge in [0, 0.05) is 73.5 Å². The van der Waals surface area contributed by atoms with Crippen LogP contribution in [-0.4, -0.2) is 60.1 Å². The topological polar surface area (TPSA) is 84.9 Å². The number of nitrogens with zero attached hydrogens (tertiary/aromatic N) is 4. The lowest BCUT2D eigenvalue weighted by molar-refractivity contribution is 0.171. The Morgan fingerprint density at radius 2 is 0.848 bits per heavy atom. The zero-order valence-corrected chi connectivity index (χ0v) is 28.1. The van der Waals surface area contributed by atoms with E-state index < -0.39 is 0 Å². The number of benzene rings is 2. The van der Waals surface area contributed by atoms with E-state index in [0.717, 1.165) is 58.6 Å². The van der Waals surface area contributed by atoms with Gasteiger partial charge in [0.05, 0.1) is 0 Å². The van der Waals surface area contributed by atoms with Gasteiger partial charge in [-0.3, -0.25) is 9.97 Å². The molecule has 0 aliphatic heterocycles. The summed E-state index contributed by atoms with van der Waals surface area (Å²) in [5.74, 6) is 1.17. The fourth-order valence-electron chi connectivity index (χ4n) is 5.78. The summed E-state index contributed by atoms with van der Waals surface area (Å²) in [5, 5.41) is 4.00. The molecule has 0 unspecified atom stereocenters. The quantitative estimate of drug-likeness (QED) is 0.109. The third-order valence-corrected chi connectivity index (χ3v) is 8.40. The maximum absolute atomic E-state index is 12.0. The van der Waals surface area contributed by atoms with Crippen LogP contribution in [0.25, 0.3) is 21.5 Å². The van der Waals surface area contributed by atoms with Crippen LogP contribution in [-0.2, 0) is 12.8 Å². The highest BCUT2D eigenvalue weighted by atomic mass is 16.6. The first kappa shape index (κ1) is 34.7. The molecule has 8 heteroatoms. The van der Waals surface area contributed by atoms with E-state index in [2.05, 4.69) is 22.1 Å². The number of hydrogen-bond donors (Lipinski definition) is 0. The van der Waals surface area contributed by atoms with Crippen molar-refractivity contribution in [2.75, 3.05) is 28.2 Å². The summed E-state index contributed by atoms with van der Waals surface area (Å²) in [6, 6.07) is 15.5. The SMILES string of the molecule is CN(C)C(=O)Oc1cccc2c(CCCCCCCCCCCCCCc3nccc4c(OC(=O)N(C)C)cccc34)nccc12. The van der Waals surface area contributed by atoms with Gasteiger partial charge in [0.15, 0.2) is 0 Å². The second-order valence-corrected chi connectivity index (χ2v) is 12.5. The normalized spacial score (nSPS) is 11.1. The lowest BCUT2D eigenvalue weighted by Gasteiger charge is -2.13. The van der Waals surface area contributed by atoms with E-state index in [1.54, 1.807) is 28.2 Å². The monoisotopic (exact) mass is 626 g/mol. The van der Waals surface area contributed by atoms with Gasteiger partial charge in [-0.15, -0.1) is 0 Å². The van der Waals surface area contributed by atoms with E-state index in [4.69, 9.17) is 9.47 Å². The first-order chi connectivity index (χ1) is 22.3. The van der Waals surface area contributed by atoms with Gasteiger partial charge in [-0.05, 0) is 49.9 Å². The summed E-state index contributed by atoms with van der Waals surface area (Å²) in [5.41, 5.74) is 2.15. The molecule has 2 aromatic carbocycles. The molecule has 0 saturated carbocycles. The van der Waals surface area contributed by atoms with Gasteiger partial charge in [-0.1, -0.05) is 88.5 Å². The van der Waals surface area contributed by atoms with E-state index in [1.807, 2.05) is 48.8 Å². The molecule has 0 radical (unpaired) electrons. The van der Waals surface area contributed by atoms with Crippen LogP contribution in [0.5, 0.6) is 11.5 Å². The van der Waals surface area contributed by atoms with Crippen LogP contribution in [0.2, 0.25) is 0 Å². The summed E-state index contributed by atoms with van der Waals surface area (Å²) in [7, 11) is 6.73. The number of rotatable bonds is 17. The number of fused-ring (bicyclic) bond motifs is 2. The molecule has 2 heterocycles. The van der Waals surface area contributed by atoms with Crippen molar-refractivity contribution < 1.29 is 19.1 Å². The molecule has 4 aromatic rings. The lowest BCUT2D eigenvalue weighted by Crippen LogP contribution is -2.25. The predicted molar refractivity (Wildman–Crippen MR) is 186 cm³/mol. The summed E-state index contributed by atoms with van der Waals surface area (Å²) in [4.78, 5) is 36.2. The van der Waals surface area contributed by atoms with Crippen LogP contribution in [0.1, 0.15) is 88.4 Å². The number of unbranched alkanes of at least 4 members (excludes halogenated alkanes) is 11. The molecular weight excluding hydrogens is 576 g/mol. The Morgan fingerprint density at radius 3 is 1.20 bits per heavy atom. The Labute approximate surface area is 274 Å². The van der Waals surface area contributed by atoms with E-state index in [1.165, 1.54) is 74.0 Å². The number of pyridine rings is 2. The lowest BCUT2D eigenvalue weighted by atomic mass is 10.0. The second kappa shape index (κ2) is 18.1. The Kier molecular flexibility index (Phi) is 13.6. The Balaban J connectivity index is 1.05. The first-order valence-electron chi connectivity index (χ1n) is 16.9. The van der Waals surface area contributed by atoms with E-state index in [9.17, 15) is 9.59 Å². The minimum Gasteiger partial charge on any atom is -0.410 e. The molecule has 2 amide bonds. The highest BCUT2D eigenvalue weighted by Crippen LogP contribution is 2.29. The average molecular weight is 627 g/mol. The Hall–Kier alpha value is -4.20. The molecular formula is C38H50N4O4. The smallest absolute Gasteiger partial charge is 0.410 e. The minimum absolute atomic E-state index is 0.375. The number of carbonyl (C=O) groups is 2. The standard InChI is InChI=1S/C38H50N4O4/c1-41(2)37(43)45-35-23-17-19-29-31(35)25-27-39-33(29)21-15-13-11-9-7-5-6-8-10-12-14-16-22-34-30-20-18-24-36(32(30)26-28-40-34)46-38(44)42(3)4/h17-20,23-28H,5-16,21-22H2,1-4H3. The van der Waals surface area contributed by atoms with Crippen LogP contribution in [0.4, 0.5) is 9.59 Å². The van der Waals surface area contributed by atoms with Crippen molar-refractivity contribution in [1.29, 1.82) is 0 Å². The molecule has 0 fully saturated rings.